The molecular weight excluding hydrogens is 332 g/mol. The van der Waals surface area contributed by atoms with Gasteiger partial charge in [-0.25, -0.2) is 4.79 Å². The largest absolute Gasteiger partial charge is 0.452 e. The fourth-order valence-electron chi connectivity index (χ4n) is 2.99. The third-order valence-corrected chi connectivity index (χ3v) is 4.43. The van der Waals surface area contributed by atoms with E-state index in [0.717, 1.165) is 17.5 Å². The first-order valence-corrected chi connectivity index (χ1v) is 8.58. The Hall–Kier alpha value is -2.92. The van der Waals surface area contributed by atoms with Gasteiger partial charge in [-0.15, -0.1) is 0 Å². The molecule has 0 aliphatic carbocycles. The summed E-state index contributed by atoms with van der Waals surface area (Å²) in [6.45, 7) is 2.58. The van der Waals surface area contributed by atoms with Crippen LogP contribution in [0.25, 0.3) is 6.08 Å². The Morgan fingerprint density at radius 3 is 2.73 bits per heavy atom. The number of esters is 1. The monoisotopic (exact) mass is 350 g/mol. The van der Waals surface area contributed by atoms with Crippen molar-refractivity contribution in [3.05, 3.63) is 64.9 Å². The Morgan fingerprint density at radius 2 is 2.00 bits per heavy atom. The summed E-state index contributed by atoms with van der Waals surface area (Å²) in [6, 6.07) is 12.6. The maximum atomic E-state index is 12.5. The lowest BCUT2D eigenvalue weighted by Gasteiger charge is -2.09. The van der Waals surface area contributed by atoms with E-state index in [2.05, 4.69) is 0 Å². The molecule has 0 bridgehead atoms. The third-order valence-electron chi connectivity index (χ3n) is 4.43. The van der Waals surface area contributed by atoms with Gasteiger partial charge in [0.15, 0.2) is 11.9 Å². The average molecular weight is 350 g/mol. The molecule has 2 heterocycles. The number of allylic oxidation sites excluding steroid dienone is 1. The molecule has 26 heavy (non-hydrogen) atoms. The van der Waals surface area contributed by atoms with E-state index < -0.39 is 12.1 Å². The van der Waals surface area contributed by atoms with Crippen LogP contribution >= 0.6 is 0 Å². The molecule has 5 nitrogen and oxygen atoms in total. The van der Waals surface area contributed by atoms with Crippen molar-refractivity contribution in [3.63, 3.8) is 0 Å². The van der Waals surface area contributed by atoms with E-state index in [4.69, 9.17) is 14.2 Å². The molecule has 0 saturated carbocycles. The molecule has 0 amide bonds. The number of ketones is 1. The SMILES string of the molecule is Cc1ccc(/C=C2\Oc3cc(OC(=O)C4CCCO4)ccc3C2=O)cc1. The highest BCUT2D eigenvalue weighted by Gasteiger charge is 2.29. The van der Waals surface area contributed by atoms with Crippen molar-refractivity contribution in [1.29, 1.82) is 0 Å². The molecule has 5 heteroatoms. The van der Waals surface area contributed by atoms with E-state index in [0.29, 0.717) is 30.1 Å². The normalized spacial score (nSPS) is 20.1. The van der Waals surface area contributed by atoms with Crippen molar-refractivity contribution in [2.24, 2.45) is 0 Å². The van der Waals surface area contributed by atoms with Gasteiger partial charge in [0.05, 0.1) is 5.56 Å². The van der Waals surface area contributed by atoms with E-state index in [9.17, 15) is 9.59 Å². The van der Waals surface area contributed by atoms with Gasteiger partial charge in [0.2, 0.25) is 5.78 Å². The molecule has 2 aromatic carbocycles. The molecule has 1 unspecified atom stereocenters. The van der Waals surface area contributed by atoms with Crippen LogP contribution in [0.1, 0.15) is 34.3 Å². The minimum absolute atomic E-state index is 0.183. The summed E-state index contributed by atoms with van der Waals surface area (Å²) >= 11 is 0. The molecule has 0 N–H and O–H groups in total. The molecule has 1 atom stereocenters. The fourth-order valence-corrected chi connectivity index (χ4v) is 2.99. The van der Waals surface area contributed by atoms with Gasteiger partial charge in [-0.2, -0.15) is 0 Å². The molecule has 2 aliphatic heterocycles. The van der Waals surface area contributed by atoms with Crippen molar-refractivity contribution >= 4 is 17.8 Å². The van der Waals surface area contributed by atoms with Gasteiger partial charge in [-0.1, -0.05) is 29.8 Å². The Balaban J connectivity index is 1.52. The second-order valence-electron chi connectivity index (χ2n) is 6.43. The van der Waals surface area contributed by atoms with Gasteiger partial charge in [0.25, 0.3) is 0 Å². The second kappa shape index (κ2) is 6.77. The first-order valence-electron chi connectivity index (χ1n) is 8.58. The lowest BCUT2D eigenvalue weighted by molar-refractivity contribution is -0.144. The number of fused-ring (bicyclic) bond motifs is 1. The number of benzene rings is 2. The van der Waals surface area contributed by atoms with Crippen LogP contribution in [-0.4, -0.2) is 24.5 Å². The van der Waals surface area contributed by atoms with Gasteiger partial charge < -0.3 is 14.2 Å². The first kappa shape index (κ1) is 16.5. The standard InChI is InChI=1S/C21H18O5/c1-13-4-6-14(7-5-13)11-19-20(22)16-9-8-15(12-18(16)26-19)25-21(23)17-3-2-10-24-17/h4-9,11-12,17H,2-3,10H2,1H3/b19-11-. The average Bonchev–Trinajstić information content (AvgIpc) is 3.26. The Kier molecular flexibility index (Phi) is 4.31. The number of carbonyl (C=O) groups excluding carboxylic acids is 2. The quantitative estimate of drug-likeness (QED) is 0.480. The van der Waals surface area contributed by atoms with E-state index >= 15 is 0 Å². The van der Waals surface area contributed by atoms with Crippen LogP contribution in [0.3, 0.4) is 0 Å². The molecule has 0 aromatic heterocycles. The number of hydrogen-bond donors (Lipinski definition) is 0. The van der Waals surface area contributed by atoms with Gasteiger partial charge >= 0.3 is 5.97 Å². The maximum absolute atomic E-state index is 12.5. The van der Waals surface area contributed by atoms with Crippen molar-refractivity contribution < 1.29 is 23.8 Å². The van der Waals surface area contributed by atoms with E-state index in [1.807, 2.05) is 31.2 Å². The smallest absolute Gasteiger partial charge is 0.340 e. The van der Waals surface area contributed by atoms with Crippen LogP contribution in [0.2, 0.25) is 0 Å². The summed E-state index contributed by atoms with van der Waals surface area (Å²) in [5.41, 5.74) is 2.49. The van der Waals surface area contributed by atoms with Crippen molar-refractivity contribution in [2.75, 3.05) is 6.61 Å². The molecule has 0 radical (unpaired) electrons. The minimum Gasteiger partial charge on any atom is -0.452 e. The number of carbonyl (C=O) groups is 2. The molecule has 1 fully saturated rings. The topological polar surface area (TPSA) is 61.8 Å². The molecule has 132 valence electrons. The number of aryl methyl sites for hydroxylation is 1. The molecule has 4 rings (SSSR count). The zero-order chi connectivity index (χ0) is 18.1. The number of ether oxygens (including phenoxy) is 3. The maximum Gasteiger partial charge on any atom is 0.340 e. The van der Waals surface area contributed by atoms with Crippen molar-refractivity contribution in [1.82, 2.24) is 0 Å². The van der Waals surface area contributed by atoms with Crippen LogP contribution in [0.15, 0.2) is 48.2 Å². The minimum atomic E-state index is -0.511. The summed E-state index contributed by atoms with van der Waals surface area (Å²) in [4.78, 5) is 24.5. The highest BCUT2D eigenvalue weighted by atomic mass is 16.6. The van der Waals surface area contributed by atoms with Gasteiger partial charge in [0.1, 0.15) is 11.5 Å². The summed E-state index contributed by atoms with van der Waals surface area (Å²) in [7, 11) is 0. The Bertz CT molecular complexity index is 889. The second-order valence-corrected chi connectivity index (χ2v) is 6.43. The van der Waals surface area contributed by atoms with Crippen LogP contribution in [0, 0.1) is 6.92 Å². The molecule has 0 spiro atoms. The summed E-state index contributed by atoms with van der Waals surface area (Å²) in [5, 5.41) is 0. The van der Waals surface area contributed by atoms with E-state index in [1.54, 1.807) is 24.3 Å². The third kappa shape index (κ3) is 3.26. The summed E-state index contributed by atoms with van der Waals surface area (Å²) in [5.74, 6) is 0.394. The molecular formula is C21H18O5. The fraction of sp³-hybridized carbons (Fsp3) is 0.238. The lowest BCUT2D eigenvalue weighted by atomic mass is 10.1. The van der Waals surface area contributed by atoms with E-state index in [1.165, 1.54) is 0 Å². The van der Waals surface area contributed by atoms with Crippen molar-refractivity contribution in [3.8, 4) is 11.5 Å². The van der Waals surface area contributed by atoms with Crippen LogP contribution in [-0.2, 0) is 9.53 Å². The van der Waals surface area contributed by atoms with Crippen LogP contribution in [0.4, 0.5) is 0 Å². The molecule has 2 aliphatic rings. The Labute approximate surface area is 151 Å². The highest BCUT2D eigenvalue weighted by molar-refractivity contribution is 6.14. The lowest BCUT2D eigenvalue weighted by Crippen LogP contribution is -2.24. The number of hydrogen-bond acceptors (Lipinski definition) is 5. The van der Waals surface area contributed by atoms with Gasteiger partial charge in [-0.05, 0) is 43.5 Å². The summed E-state index contributed by atoms with van der Waals surface area (Å²) < 4.78 is 16.4. The first-order chi connectivity index (χ1) is 12.6. The Morgan fingerprint density at radius 1 is 1.19 bits per heavy atom. The predicted molar refractivity (Wildman–Crippen MR) is 95.2 cm³/mol. The van der Waals surface area contributed by atoms with E-state index in [-0.39, 0.29) is 11.5 Å². The molecule has 2 aromatic rings. The van der Waals surface area contributed by atoms with Crippen LogP contribution in [0.5, 0.6) is 11.5 Å². The van der Waals surface area contributed by atoms with Gasteiger partial charge in [0, 0.05) is 12.7 Å². The number of rotatable bonds is 3. The highest BCUT2D eigenvalue weighted by Crippen LogP contribution is 2.35. The summed E-state index contributed by atoms with van der Waals surface area (Å²) in [6.07, 6.45) is 2.72. The predicted octanol–water partition coefficient (Wildman–Crippen LogP) is 3.70. The zero-order valence-electron chi connectivity index (χ0n) is 14.4. The number of Topliss-reactive ketones (excluding diaryl/α,β-unsaturated/α-hetero) is 1. The molecule has 1 saturated heterocycles. The van der Waals surface area contributed by atoms with Crippen LogP contribution < -0.4 is 9.47 Å². The zero-order valence-corrected chi connectivity index (χ0v) is 14.4. The van der Waals surface area contributed by atoms with Crippen molar-refractivity contribution in [2.45, 2.75) is 25.9 Å². The van der Waals surface area contributed by atoms with Gasteiger partial charge in [-0.3, -0.25) is 4.79 Å².